The van der Waals surface area contributed by atoms with Gasteiger partial charge in [0, 0.05) is 5.92 Å². The molecule has 0 aromatic heterocycles. The number of sulfone groups is 2. The lowest BCUT2D eigenvalue weighted by Crippen LogP contribution is -2.22. The summed E-state index contributed by atoms with van der Waals surface area (Å²) in [5.74, 6) is -0.667. The minimum absolute atomic E-state index is 0.0177. The Morgan fingerprint density at radius 1 is 1.33 bits per heavy atom. The highest BCUT2D eigenvalue weighted by molar-refractivity contribution is 8.11. The summed E-state index contributed by atoms with van der Waals surface area (Å²) in [4.78, 5) is 3.69. The minimum Gasteiger partial charge on any atom is -0.246 e. The normalized spacial score (nSPS) is 32.5. The van der Waals surface area contributed by atoms with Gasteiger partial charge in [0.05, 0.1) is 17.7 Å². The Kier molecular flexibility index (Phi) is 2.44. The third-order valence-corrected chi connectivity index (χ3v) is 6.49. The average Bonchev–Trinajstić information content (AvgIpc) is 2.56. The summed E-state index contributed by atoms with van der Waals surface area (Å²) >= 11 is 5.46. The molecule has 0 spiro atoms. The minimum atomic E-state index is -3.69. The summed E-state index contributed by atoms with van der Waals surface area (Å²) in [6.07, 6.45) is 1.36. The number of hydrogen-bond donors (Lipinski definition) is 0. The van der Waals surface area contributed by atoms with Crippen LogP contribution in [0.25, 0.3) is 0 Å². The first-order valence-electron chi connectivity index (χ1n) is 4.22. The van der Waals surface area contributed by atoms with E-state index < -0.39 is 25.6 Å². The van der Waals surface area contributed by atoms with Crippen LogP contribution in [0.4, 0.5) is 0 Å². The number of hydrogen-bond acceptors (Lipinski definition) is 5. The van der Waals surface area contributed by atoms with E-state index in [9.17, 15) is 16.8 Å². The molecule has 0 aromatic carbocycles. The van der Waals surface area contributed by atoms with Crippen LogP contribution >= 0.6 is 11.6 Å². The molecule has 1 unspecified atom stereocenters. The van der Waals surface area contributed by atoms with Gasteiger partial charge in [-0.25, -0.2) is 21.8 Å². The predicted octanol–water partition coefficient (Wildman–Crippen LogP) is 0.286. The molecule has 0 N–H and O–H groups in total. The van der Waals surface area contributed by atoms with Gasteiger partial charge in [0.2, 0.25) is 9.84 Å². The first-order chi connectivity index (χ1) is 6.83. The Morgan fingerprint density at radius 2 is 2.00 bits per heavy atom. The Hall–Kier alpha value is -0.400. The first kappa shape index (κ1) is 11.1. The van der Waals surface area contributed by atoms with E-state index in [0.717, 1.165) is 6.20 Å². The molecular weight excluding hydrogens is 262 g/mol. The summed E-state index contributed by atoms with van der Waals surface area (Å²) in [6, 6.07) is 0. The molecule has 0 radical (unpaired) electrons. The lowest BCUT2D eigenvalue weighted by Gasteiger charge is -2.06. The smallest absolute Gasteiger partial charge is 0.232 e. The second-order valence-electron chi connectivity index (χ2n) is 3.50. The van der Waals surface area contributed by atoms with E-state index in [1.807, 2.05) is 0 Å². The van der Waals surface area contributed by atoms with Crippen molar-refractivity contribution in [3.63, 3.8) is 0 Å². The lowest BCUT2D eigenvalue weighted by molar-refractivity contribution is 0.601. The van der Waals surface area contributed by atoms with Gasteiger partial charge in [-0.3, -0.25) is 0 Å². The topological polar surface area (TPSA) is 80.6 Å². The third-order valence-electron chi connectivity index (χ3n) is 2.41. The molecule has 2 aliphatic rings. The van der Waals surface area contributed by atoms with Crippen molar-refractivity contribution in [2.24, 2.45) is 10.9 Å². The number of aliphatic imine (C=N–C) groups is 1. The fourth-order valence-electron chi connectivity index (χ4n) is 1.67. The maximum absolute atomic E-state index is 11.6. The molecule has 0 aliphatic carbocycles. The van der Waals surface area contributed by atoms with Gasteiger partial charge in [-0.1, -0.05) is 11.6 Å². The van der Waals surface area contributed by atoms with Crippen molar-refractivity contribution < 1.29 is 16.8 Å². The van der Waals surface area contributed by atoms with E-state index in [0.29, 0.717) is 6.42 Å². The van der Waals surface area contributed by atoms with Gasteiger partial charge in [-0.05, 0) is 6.42 Å². The summed E-state index contributed by atoms with van der Waals surface area (Å²) < 4.78 is 45.2. The molecule has 84 valence electrons. The first-order valence-corrected chi connectivity index (χ1v) is 7.90. The van der Waals surface area contributed by atoms with Gasteiger partial charge in [0.1, 0.15) is 5.04 Å². The van der Waals surface area contributed by atoms with Gasteiger partial charge in [0.15, 0.2) is 14.2 Å². The number of halogens is 1. The molecule has 1 saturated heterocycles. The maximum Gasteiger partial charge on any atom is 0.232 e. The number of nitrogens with zero attached hydrogens (tertiary/aromatic N) is 1. The molecular formula is C7H8ClNO4S2. The SMILES string of the molecule is O=S1(=O)CCC(C2=NC=C(Cl)S2(=O)=O)C1. The molecule has 0 saturated carbocycles. The quantitative estimate of drug-likeness (QED) is 0.685. The van der Waals surface area contributed by atoms with Crippen LogP contribution in [-0.4, -0.2) is 33.4 Å². The predicted molar refractivity (Wildman–Crippen MR) is 57.1 cm³/mol. The van der Waals surface area contributed by atoms with Crippen LogP contribution in [0.1, 0.15) is 6.42 Å². The van der Waals surface area contributed by atoms with E-state index in [4.69, 9.17) is 11.6 Å². The maximum atomic E-state index is 11.6. The molecule has 0 amide bonds. The molecule has 5 nitrogen and oxygen atoms in total. The Bertz CT molecular complexity index is 558. The summed E-state index contributed by atoms with van der Waals surface area (Å²) in [5, 5.41) is -0.103. The van der Waals surface area contributed by atoms with Gasteiger partial charge in [0.25, 0.3) is 0 Å². The molecule has 1 atom stereocenters. The highest BCUT2D eigenvalue weighted by Crippen LogP contribution is 2.30. The van der Waals surface area contributed by atoms with E-state index in [1.165, 1.54) is 0 Å². The summed E-state index contributed by atoms with van der Waals surface area (Å²) in [6.45, 7) is 0. The van der Waals surface area contributed by atoms with Crippen LogP contribution in [0, 0.1) is 5.92 Å². The molecule has 2 rings (SSSR count). The van der Waals surface area contributed by atoms with Crippen molar-refractivity contribution >= 4 is 36.3 Å². The second kappa shape index (κ2) is 3.29. The lowest BCUT2D eigenvalue weighted by atomic mass is 10.1. The van der Waals surface area contributed by atoms with E-state index in [1.54, 1.807) is 0 Å². The van der Waals surface area contributed by atoms with Crippen LogP contribution in [0.2, 0.25) is 0 Å². The Labute approximate surface area is 92.7 Å². The van der Waals surface area contributed by atoms with Gasteiger partial charge >= 0.3 is 0 Å². The van der Waals surface area contributed by atoms with E-state index in [-0.39, 0.29) is 20.9 Å². The Balaban J connectivity index is 2.31. The Morgan fingerprint density at radius 3 is 2.40 bits per heavy atom. The van der Waals surface area contributed by atoms with Crippen LogP contribution in [0.5, 0.6) is 0 Å². The van der Waals surface area contributed by atoms with Crippen molar-refractivity contribution in [2.45, 2.75) is 6.42 Å². The highest BCUT2D eigenvalue weighted by Gasteiger charge is 2.40. The van der Waals surface area contributed by atoms with Crippen molar-refractivity contribution in [1.82, 2.24) is 0 Å². The van der Waals surface area contributed by atoms with Crippen molar-refractivity contribution in [1.29, 1.82) is 0 Å². The molecule has 0 aromatic rings. The molecule has 2 aliphatic heterocycles. The molecule has 15 heavy (non-hydrogen) atoms. The monoisotopic (exact) mass is 269 g/mol. The molecule has 1 fully saturated rings. The van der Waals surface area contributed by atoms with Gasteiger partial charge < -0.3 is 0 Å². The summed E-state index contributed by atoms with van der Waals surface area (Å²) in [7, 11) is -6.80. The zero-order valence-electron chi connectivity index (χ0n) is 7.55. The zero-order valence-corrected chi connectivity index (χ0v) is 9.94. The second-order valence-corrected chi connectivity index (χ2v) is 8.23. The molecule has 0 bridgehead atoms. The van der Waals surface area contributed by atoms with Crippen molar-refractivity contribution in [3.8, 4) is 0 Å². The van der Waals surface area contributed by atoms with Gasteiger partial charge in [-0.2, -0.15) is 0 Å². The fraction of sp³-hybridized carbons (Fsp3) is 0.571. The molecule has 8 heteroatoms. The average molecular weight is 270 g/mol. The van der Waals surface area contributed by atoms with Crippen LogP contribution in [0.3, 0.4) is 0 Å². The van der Waals surface area contributed by atoms with Gasteiger partial charge in [-0.15, -0.1) is 0 Å². The zero-order chi connectivity index (χ0) is 11.3. The standard InChI is InChI=1S/C7H8ClNO4S2/c8-6-3-9-7(15(6,12)13)5-1-2-14(10,11)4-5/h3,5H,1-2,4H2. The fourth-order valence-corrected chi connectivity index (χ4v) is 5.03. The largest absolute Gasteiger partial charge is 0.246 e. The highest BCUT2D eigenvalue weighted by atomic mass is 35.5. The van der Waals surface area contributed by atoms with Crippen LogP contribution in [0.15, 0.2) is 15.6 Å². The van der Waals surface area contributed by atoms with Crippen molar-refractivity contribution in [2.75, 3.05) is 11.5 Å². The number of rotatable bonds is 1. The van der Waals surface area contributed by atoms with E-state index in [2.05, 4.69) is 4.99 Å². The van der Waals surface area contributed by atoms with Crippen LogP contribution < -0.4 is 0 Å². The van der Waals surface area contributed by atoms with Crippen molar-refractivity contribution in [3.05, 3.63) is 10.6 Å². The summed E-state index contributed by atoms with van der Waals surface area (Å²) in [5.41, 5.74) is 0. The molecule has 2 heterocycles. The van der Waals surface area contributed by atoms with E-state index >= 15 is 0 Å². The van der Waals surface area contributed by atoms with Crippen LogP contribution in [-0.2, 0) is 19.7 Å². The third kappa shape index (κ3) is 1.83.